The van der Waals surface area contributed by atoms with Gasteiger partial charge in [-0.25, -0.2) is 4.39 Å². The second-order valence-corrected chi connectivity index (χ2v) is 6.87. The highest BCUT2D eigenvalue weighted by molar-refractivity contribution is 14.0. The molecule has 5 nitrogen and oxygen atoms in total. The maximum absolute atomic E-state index is 13.5. The Bertz CT molecular complexity index is 817. The second kappa shape index (κ2) is 12.6. The van der Waals surface area contributed by atoms with E-state index in [0.29, 0.717) is 19.0 Å². The molecule has 0 radical (unpaired) electrons. The summed E-state index contributed by atoms with van der Waals surface area (Å²) in [4.78, 5) is 15.4. The normalized spacial score (nSPS) is 10.8. The summed E-state index contributed by atoms with van der Waals surface area (Å²) in [6.45, 7) is 2.60. The van der Waals surface area contributed by atoms with E-state index in [1.165, 1.54) is 13.0 Å². The lowest BCUT2D eigenvalue weighted by molar-refractivity contribution is -0.114. The Morgan fingerprint density at radius 2 is 1.86 bits per heavy atom. The van der Waals surface area contributed by atoms with Gasteiger partial charge >= 0.3 is 0 Å². The lowest BCUT2D eigenvalue weighted by Crippen LogP contribution is -2.36. The van der Waals surface area contributed by atoms with Crippen LogP contribution in [-0.2, 0) is 23.6 Å². The Morgan fingerprint density at radius 3 is 2.54 bits per heavy atom. The summed E-state index contributed by atoms with van der Waals surface area (Å²) < 4.78 is 13.5. The Morgan fingerprint density at radius 1 is 1.11 bits per heavy atom. The number of nitrogens with one attached hydrogen (secondary N) is 3. The van der Waals surface area contributed by atoms with Gasteiger partial charge < -0.3 is 16.0 Å². The Kier molecular flexibility index (Phi) is 10.9. The van der Waals surface area contributed by atoms with Crippen LogP contribution in [0.4, 0.5) is 10.1 Å². The van der Waals surface area contributed by atoms with Gasteiger partial charge in [0.05, 0.1) is 0 Å². The van der Waals surface area contributed by atoms with Crippen molar-refractivity contribution in [2.75, 3.05) is 18.6 Å². The molecule has 0 unspecified atom stereocenters. The van der Waals surface area contributed by atoms with E-state index < -0.39 is 0 Å². The zero-order valence-electron chi connectivity index (χ0n) is 16.2. The van der Waals surface area contributed by atoms with Crippen LogP contribution in [0.1, 0.15) is 23.6 Å². The molecule has 0 spiro atoms. The zero-order chi connectivity index (χ0) is 19.6. The fraction of sp³-hybridized carbons (Fsp3) is 0.300. The van der Waals surface area contributed by atoms with E-state index in [1.807, 2.05) is 30.5 Å². The predicted molar refractivity (Wildman–Crippen MR) is 127 cm³/mol. The van der Waals surface area contributed by atoms with Crippen molar-refractivity contribution in [3.05, 3.63) is 65.0 Å². The molecule has 2 rings (SSSR count). The Labute approximate surface area is 187 Å². The molecule has 0 aliphatic heterocycles. The molecule has 2 aromatic carbocycles. The third-order valence-corrected chi connectivity index (χ3v) is 4.45. The zero-order valence-corrected chi connectivity index (χ0v) is 19.4. The van der Waals surface area contributed by atoms with Gasteiger partial charge in [0.2, 0.25) is 5.91 Å². The van der Waals surface area contributed by atoms with Gasteiger partial charge in [-0.3, -0.25) is 9.79 Å². The van der Waals surface area contributed by atoms with Gasteiger partial charge in [-0.1, -0.05) is 18.2 Å². The molecule has 1 amide bonds. The number of thioether (sulfide) groups is 1. The van der Waals surface area contributed by atoms with Crippen LogP contribution < -0.4 is 16.0 Å². The van der Waals surface area contributed by atoms with E-state index >= 15 is 0 Å². The molecule has 0 fully saturated rings. The van der Waals surface area contributed by atoms with Crippen molar-refractivity contribution < 1.29 is 9.18 Å². The Balaban J connectivity index is 0.00000392. The van der Waals surface area contributed by atoms with E-state index in [2.05, 4.69) is 20.9 Å². The molecule has 3 N–H and O–H groups in total. The van der Waals surface area contributed by atoms with Crippen molar-refractivity contribution in [1.82, 2.24) is 10.6 Å². The van der Waals surface area contributed by atoms with Gasteiger partial charge in [-0.15, -0.1) is 24.0 Å². The summed E-state index contributed by atoms with van der Waals surface area (Å²) in [6.07, 6.45) is 2.00. The van der Waals surface area contributed by atoms with Gasteiger partial charge in [-0.05, 0) is 47.2 Å². The molecule has 28 heavy (non-hydrogen) atoms. The van der Waals surface area contributed by atoms with Crippen molar-refractivity contribution in [3.63, 3.8) is 0 Å². The number of anilines is 1. The number of hydrogen-bond acceptors (Lipinski definition) is 3. The lowest BCUT2D eigenvalue weighted by Gasteiger charge is -2.14. The number of halogens is 2. The maximum atomic E-state index is 13.5. The van der Waals surface area contributed by atoms with Crippen LogP contribution in [-0.4, -0.2) is 25.2 Å². The second-order valence-electron chi connectivity index (χ2n) is 6.01. The number of amides is 1. The molecule has 0 saturated carbocycles. The molecule has 0 bridgehead atoms. The number of carbonyl (C=O) groups is 1. The summed E-state index contributed by atoms with van der Waals surface area (Å²) in [5, 5.41) is 9.28. The fourth-order valence-corrected chi connectivity index (χ4v) is 3.18. The summed E-state index contributed by atoms with van der Waals surface area (Å²) in [6, 6.07) is 12.5. The van der Waals surface area contributed by atoms with E-state index in [4.69, 9.17) is 0 Å². The molecule has 0 heterocycles. The monoisotopic (exact) mass is 516 g/mol. The van der Waals surface area contributed by atoms with E-state index in [1.54, 1.807) is 30.9 Å². The van der Waals surface area contributed by atoms with Crippen LogP contribution in [0.25, 0.3) is 0 Å². The van der Waals surface area contributed by atoms with E-state index in [9.17, 15) is 9.18 Å². The molecule has 0 aliphatic rings. The molecular weight excluding hydrogens is 490 g/mol. The third kappa shape index (κ3) is 8.05. The number of guanidine groups is 1. The first-order valence-electron chi connectivity index (χ1n) is 8.59. The maximum Gasteiger partial charge on any atom is 0.221 e. The minimum Gasteiger partial charge on any atom is -0.352 e. The fourth-order valence-electron chi connectivity index (χ4n) is 2.60. The molecule has 152 valence electrons. The van der Waals surface area contributed by atoms with Crippen LogP contribution in [0.3, 0.4) is 0 Å². The van der Waals surface area contributed by atoms with Crippen molar-refractivity contribution in [2.45, 2.75) is 25.8 Å². The first kappa shape index (κ1) is 24.2. The summed E-state index contributed by atoms with van der Waals surface area (Å²) in [7, 11) is 1.70. The minimum absolute atomic E-state index is 0. The van der Waals surface area contributed by atoms with Crippen LogP contribution in [0.5, 0.6) is 0 Å². The molecule has 0 atom stereocenters. The van der Waals surface area contributed by atoms with Crippen LogP contribution in [0.15, 0.2) is 47.5 Å². The molecule has 0 saturated heterocycles. The molecule has 8 heteroatoms. The van der Waals surface area contributed by atoms with Crippen LogP contribution >= 0.6 is 35.7 Å². The van der Waals surface area contributed by atoms with Crippen molar-refractivity contribution in [3.8, 4) is 0 Å². The number of benzene rings is 2. The van der Waals surface area contributed by atoms with Crippen molar-refractivity contribution in [2.24, 2.45) is 4.99 Å². The highest BCUT2D eigenvalue weighted by atomic mass is 127. The summed E-state index contributed by atoms with van der Waals surface area (Å²) in [5.41, 5.74) is 3.81. The van der Waals surface area contributed by atoms with Gasteiger partial charge in [-0.2, -0.15) is 11.8 Å². The molecular formula is C20H26FIN4OS. The standard InChI is InChI=1S/C20H25FN4OS.HI/c1-14(26)25-19-6-4-5-15(9-19)11-23-20(22-2)24-12-16-7-8-18(21)10-17(16)13-27-3;/h4-10H,11-13H2,1-3H3,(H,25,26)(H2,22,23,24);1H. The highest BCUT2D eigenvalue weighted by Crippen LogP contribution is 2.16. The summed E-state index contributed by atoms with van der Waals surface area (Å²) in [5.74, 6) is 1.10. The predicted octanol–water partition coefficient (Wildman–Crippen LogP) is 4.13. The number of nitrogens with zero attached hydrogens (tertiary/aromatic N) is 1. The van der Waals surface area contributed by atoms with Crippen LogP contribution in [0.2, 0.25) is 0 Å². The van der Waals surface area contributed by atoms with E-state index in [0.717, 1.165) is 28.1 Å². The minimum atomic E-state index is -0.218. The van der Waals surface area contributed by atoms with Gasteiger partial charge in [0.1, 0.15) is 5.82 Å². The van der Waals surface area contributed by atoms with Gasteiger partial charge in [0.25, 0.3) is 0 Å². The third-order valence-electron chi connectivity index (χ3n) is 3.85. The average Bonchev–Trinajstić information content (AvgIpc) is 2.63. The number of rotatable bonds is 7. The first-order valence-corrected chi connectivity index (χ1v) is 9.98. The molecule has 0 aliphatic carbocycles. The smallest absolute Gasteiger partial charge is 0.221 e. The van der Waals surface area contributed by atoms with E-state index in [-0.39, 0.29) is 35.7 Å². The van der Waals surface area contributed by atoms with Crippen molar-refractivity contribution >= 4 is 53.3 Å². The number of hydrogen-bond donors (Lipinski definition) is 3. The van der Waals surface area contributed by atoms with Crippen LogP contribution in [0, 0.1) is 5.82 Å². The first-order chi connectivity index (χ1) is 13.0. The molecule has 0 aromatic heterocycles. The molecule has 2 aromatic rings. The van der Waals surface area contributed by atoms with Gasteiger partial charge in [0.15, 0.2) is 5.96 Å². The quantitative estimate of drug-likeness (QED) is 0.294. The van der Waals surface area contributed by atoms with Crippen molar-refractivity contribution in [1.29, 1.82) is 0 Å². The SMILES string of the molecule is CN=C(NCc1cccc(NC(C)=O)c1)NCc1ccc(F)cc1CSC.I. The topological polar surface area (TPSA) is 65.5 Å². The van der Waals surface area contributed by atoms with Gasteiger partial charge in [0, 0.05) is 38.5 Å². The number of carbonyl (C=O) groups excluding carboxylic acids is 1. The Hall–Kier alpha value is -1.81. The highest BCUT2D eigenvalue weighted by Gasteiger charge is 2.06. The number of aliphatic imine (C=N–C) groups is 1. The summed E-state index contributed by atoms with van der Waals surface area (Å²) >= 11 is 1.66. The average molecular weight is 516 g/mol. The largest absolute Gasteiger partial charge is 0.352 e. The lowest BCUT2D eigenvalue weighted by atomic mass is 10.1.